The van der Waals surface area contributed by atoms with E-state index in [1.54, 1.807) is 0 Å². The summed E-state index contributed by atoms with van der Waals surface area (Å²) in [5.74, 6) is -0.133. The fourth-order valence-electron chi connectivity index (χ4n) is 3.52. The second-order valence-electron chi connectivity index (χ2n) is 6.08. The second-order valence-corrected chi connectivity index (χ2v) is 6.08. The minimum atomic E-state index is -0.133. The molecule has 1 heterocycles. The molecule has 1 atom stereocenters. The Labute approximate surface area is 126 Å². The zero-order valence-corrected chi connectivity index (χ0v) is 12.7. The van der Waals surface area contributed by atoms with Crippen LogP contribution in [0.1, 0.15) is 36.4 Å². The molecule has 1 aliphatic heterocycles. The third-order valence-corrected chi connectivity index (χ3v) is 4.74. The molecule has 0 saturated carbocycles. The number of methoxy groups -OCH3 is 1. The van der Waals surface area contributed by atoms with E-state index in [1.165, 1.54) is 31.1 Å². The van der Waals surface area contributed by atoms with Crippen molar-refractivity contribution in [2.24, 2.45) is 0 Å². The maximum absolute atomic E-state index is 11.3. The number of hydrogen-bond acceptors (Lipinski definition) is 4. The van der Waals surface area contributed by atoms with Crippen LogP contribution in [-0.2, 0) is 16.0 Å². The zero-order chi connectivity index (χ0) is 14.7. The molecular weight excluding hydrogens is 264 g/mol. The lowest BCUT2D eigenvalue weighted by molar-refractivity contribution is -0.142. The number of ether oxygens (including phenoxy) is 1. The Morgan fingerprint density at radius 3 is 2.81 bits per heavy atom. The summed E-state index contributed by atoms with van der Waals surface area (Å²) in [4.78, 5) is 13.5. The first kappa shape index (κ1) is 14.5. The number of piperidine rings is 1. The molecule has 1 N–H and O–H groups in total. The lowest BCUT2D eigenvalue weighted by atomic mass is 10.0. The molecule has 0 spiro atoms. The van der Waals surface area contributed by atoms with Crippen LogP contribution in [0.3, 0.4) is 0 Å². The van der Waals surface area contributed by atoms with Crippen molar-refractivity contribution in [2.45, 2.75) is 37.8 Å². The molecule has 1 aromatic rings. The molecule has 1 saturated heterocycles. The van der Waals surface area contributed by atoms with Gasteiger partial charge < -0.3 is 10.1 Å². The van der Waals surface area contributed by atoms with Gasteiger partial charge in [0.25, 0.3) is 0 Å². The lowest BCUT2D eigenvalue weighted by Gasteiger charge is -2.33. The minimum absolute atomic E-state index is 0.133. The SMILES string of the molecule is COC(=O)CN1CCC(N[C@H]2CCc3ccccc32)CC1. The number of fused-ring (bicyclic) bond motifs is 1. The summed E-state index contributed by atoms with van der Waals surface area (Å²) in [5, 5.41) is 3.82. The molecule has 1 fully saturated rings. The summed E-state index contributed by atoms with van der Waals surface area (Å²) in [6.07, 6.45) is 4.61. The highest BCUT2D eigenvalue weighted by molar-refractivity contribution is 5.71. The van der Waals surface area contributed by atoms with Crippen LogP contribution < -0.4 is 5.32 Å². The van der Waals surface area contributed by atoms with E-state index >= 15 is 0 Å². The largest absolute Gasteiger partial charge is 0.468 e. The number of hydrogen-bond donors (Lipinski definition) is 1. The van der Waals surface area contributed by atoms with Gasteiger partial charge in [-0.15, -0.1) is 0 Å². The molecule has 4 heteroatoms. The van der Waals surface area contributed by atoms with Gasteiger partial charge in [-0.3, -0.25) is 9.69 Å². The van der Waals surface area contributed by atoms with E-state index in [1.807, 2.05) is 0 Å². The molecule has 1 aromatic carbocycles. The number of nitrogens with one attached hydrogen (secondary N) is 1. The smallest absolute Gasteiger partial charge is 0.319 e. The van der Waals surface area contributed by atoms with Crippen molar-refractivity contribution in [3.63, 3.8) is 0 Å². The van der Waals surface area contributed by atoms with Gasteiger partial charge in [0.15, 0.2) is 0 Å². The van der Waals surface area contributed by atoms with Gasteiger partial charge in [0.1, 0.15) is 0 Å². The highest BCUT2D eigenvalue weighted by atomic mass is 16.5. The van der Waals surface area contributed by atoms with E-state index < -0.39 is 0 Å². The highest BCUT2D eigenvalue weighted by Gasteiger charge is 2.27. The normalized spacial score (nSPS) is 23.0. The fourth-order valence-corrected chi connectivity index (χ4v) is 3.52. The van der Waals surface area contributed by atoms with Crippen LogP contribution >= 0.6 is 0 Å². The Kier molecular flexibility index (Phi) is 4.56. The van der Waals surface area contributed by atoms with E-state index in [4.69, 9.17) is 4.74 Å². The molecule has 0 bridgehead atoms. The number of nitrogens with zero attached hydrogens (tertiary/aromatic N) is 1. The standard InChI is InChI=1S/C17H24N2O2/c1-21-17(20)12-19-10-8-14(9-11-19)18-16-7-6-13-4-2-3-5-15(13)16/h2-5,14,16,18H,6-12H2,1H3/t16-/m0/s1. The molecule has 21 heavy (non-hydrogen) atoms. The Morgan fingerprint density at radius 2 is 2.05 bits per heavy atom. The maximum Gasteiger partial charge on any atom is 0.319 e. The van der Waals surface area contributed by atoms with Crippen LogP contribution in [-0.4, -0.2) is 43.7 Å². The van der Waals surface area contributed by atoms with Gasteiger partial charge in [-0.05, 0) is 36.8 Å². The van der Waals surface area contributed by atoms with E-state index in [9.17, 15) is 4.79 Å². The number of aryl methyl sites for hydroxylation is 1. The predicted molar refractivity (Wildman–Crippen MR) is 82.1 cm³/mol. The van der Waals surface area contributed by atoms with Gasteiger partial charge in [-0.25, -0.2) is 0 Å². The summed E-state index contributed by atoms with van der Waals surface area (Å²) in [6.45, 7) is 2.37. The van der Waals surface area contributed by atoms with E-state index in [0.717, 1.165) is 25.9 Å². The topological polar surface area (TPSA) is 41.6 Å². The third kappa shape index (κ3) is 3.44. The highest BCUT2D eigenvalue weighted by Crippen LogP contribution is 2.31. The first-order chi connectivity index (χ1) is 10.3. The van der Waals surface area contributed by atoms with Crippen molar-refractivity contribution in [1.29, 1.82) is 0 Å². The van der Waals surface area contributed by atoms with E-state index in [2.05, 4.69) is 34.5 Å². The maximum atomic E-state index is 11.3. The van der Waals surface area contributed by atoms with Crippen LogP contribution in [0.5, 0.6) is 0 Å². The Morgan fingerprint density at radius 1 is 1.29 bits per heavy atom. The first-order valence-corrected chi connectivity index (χ1v) is 7.89. The average Bonchev–Trinajstić information content (AvgIpc) is 2.92. The molecule has 3 rings (SSSR count). The van der Waals surface area contributed by atoms with Gasteiger partial charge >= 0.3 is 5.97 Å². The summed E-state index contributed by atoms with van der Waals surface area (Å²) in [7, 11) is 1.45. The summed E-state index contributed by atoms with van der Waals surface area (Å²) >= 11 is 0. The summed E-state index contributed by atoms with van der Waals surface area (Å²) < 4.78 is 4.73. The first-order valence-electron chi connectivity index (χ1n) is 7.89. The molecule has 0 radical (unpaired) electrons. The number of benzene rings is 1. The third-order valence-electron chi connectivity index (χ3n) is 4.74. The molecule has 2 aliphatic rings. The predicted octanol–water partition coefficient (Wildman–Crippen LogP) is 1.90. The van der Waals surface area contributed by atoms with Gasteiger partial charge in [0.2, 0.25) is 0 Å². The number of likely N-dealkylation sites (tertiary alicyclic amines) is 1. The monoisotopic (exact) mass is 288 g/mol. The Bertz CT molecular complexity index is 495. The molecule has 1 aliphatic carbocycles. The summed E-state index contributed by atoms with van der Waals surface area (Å²) in [5.41, 5.74) is 2.98. The number of rotatable bonds is 4. The second kappa shape index (κ2) is 6.58. The minimum Gasteiger partial charge on any atom is -0.468 e. The summed E-state index contributed by atoms with van der Waals surface area (Å²) in [6, 6.07) is 9.85. The van der Waals surface area contributed by atoms with Crippen molar-refractivity contribution in [1.82, 2.24) is 10.2 Å². The van der Waals surface area contributed by atoms with Crippen molar-refractivity contribution in [3.05, 3.63) is 35.4 Å². The Hall–Kier alpha value is -1.39. The fraction of sp³-hybridized carbons (Fsp3) is 0.588. The van der Waals surface area contributed by atoms with Crippen molar-refractivity contribution >= 4 is 5.97 Å². The van der Waals surface area contributed by atoms with Crippen molar-refractivity contribution in [2.75, 3.05) is 26.7 Å². The van der Waals surface area contributed by atoms with Crippen LogP contribution in [0.2, 0.25) is 0 Å². The molecule has 0 unspecified atom stereocenters. The van der Waals surface area contributed by atoms with Crippen LogP contribution in [0.4, 0.5) is 0 Å². The van der Waals surface area contributed by atoms with Crippen molar-refractivity contribution < 1.29 is 9.53 Å². The van der Waals surface area contributed by atoms with Gasteiger partial charge in [0, 0.05) is 25.2 Å². The molecule has 4 nitrogen and oxygen atoms in total. The average molecular weight is 288 g/mol. The van der Waals surface area contributed by atoms with Crippen LogP contribution in [0.25, 0.3) is 0 Å². The number of carbonyl (C=O) groups excluding carboxylic acids is 1. The number of esters is 1. The molecular formula is C17H24N2O2. The van der Waals surface area contributed by atoms with Gasteiger partial charge in [0.05, 0.1) is 13.7 Å². The van der Waals surface area contributed by atoms with Crippen molar-refractivity contribution in [3.8, 4) is 0 Å². The van der Waals surface area contributed by atoms with Gasteiger partial charge in [-0.2, -0.15) is 0 Å². The zero-order valence-electron chi connectivity index (χ0n) is 12.7. The quantitative estimate of drug-likeness (QED) is 0.859. The molecule has 0 amide bonds. The lowest BCUT2D eigenvalue weighted by Crippen LogP contribution is -2.45. The van der Waals surface area contributed by atoms with E-state index in [0.29, 0.717) is 18.6 Å². The van der Waals surface area contributed by atoms with Crippen LogP contribution in [0.15, 0.2) is 24.3 Å². The van der Waals surface area contributed by atoms with Crippen LogP contribution in [0, 0.1) is 0 Å². The van der Waals surface area contributed by atoms with E-state index in [-0.39, 0.29) is 5.97 Å². The number of carbonyl (C=O) groups is 1. The molecule has 0 aromatic heterocycles. The Balaban J connectivity index is 1.49. The van der Waals surface area contributed by atoms with Gasteiger partial charge in [-0.1, -0.05) is 24.3 Å². The molecule has 114 valence electrons.